The molecule has 0 aliphatic carbocycles. The molecule has 0 radical (unpaired) electrons. The third-order valence-electron chi connectivity index (χ3n) is 7.29. The number of H-pyrrole nitrogens is 1. The van der Waals surface area contributed by atoms with E-state index in [9.17, 15) is 9.59 Å². The van der Waals surface area contributed by atoms with Crippen LogP contribution in [0.5, 0.6) is 5.75 Å². The van der Waals surface area contributed by atoms with E-state index in [0.717, 1.165) is 49.2 Å². The Hall–Kier alpha value is -3.61. The summed E-state index contributed by atoms with van der Waals surface area (Å²) in [6, 6.07) is 18.2. The number of benzene rings is 2. The lowest BCUT2D eigenvalue weighted by Gasteiger charge is -2.32. The number of rotatable bonds is 6. The molecular weight excluding hydrogens is 440 g/mol. The van der Waals surface area contributed by atoms with Gasteiger partial charge < -0.3 is 14.5 Å². The highest BCUT2D eigenvalue weighted by Crippen LogP contribution is 2.27. The Kier molecular flexibility index (Phi) is 6.84. The van der Waals surface area contributed by atoms with Gasteiger partial charge in [0.1, 0.15) is 5.75 Å². The van der Waals surface area contributed by atoms with Crippen LogP contribution in [0, 0.1) is 5.92 Å². The third-order valence-corrected chi connectivity index (χ3v) is 7.29. The molecule has 2 aromatic carbocycles. The molecule has 3 heterocycles. The van der Waals surface area contributed by atoms with Gasteiger partial charge in [-0.25, -0.2) is 0 Å². The number of methoxy groups -OCH3 is 1. The van der Waals surface area contributed by atoms with E-state index in [1.165, 1.54) is 5.56 Å². The van der Waals surface area contributed by atoms with Gasteiger partial charge in [-0.1, -0.05) is 48.5 Å². The summed E-state index contributed by atoms with van der Waals surface area (Å²) >= 11 is 0. The van der Waals surface area contributed by atoms with Gasteiger partial charge >= 0.3 is 0 Å². The molecule has 7 nitrogen and oxygen atoms in total. The van der Waals surface area contributed by atoms with Gasteiger partial charge in [0.05, 0.1) is 13.5 Å². The maximum Gasteiger partial charge on any atom is 0.274 e. The van der Waals surface area contributed by atoms with Crippen molar-refractivity contribution >= 4 is 11.8 Å². The molecule has 35 heavy (non-hydrogen) atoms. The summed E-state index contributed by atoms with van der Waals surface area (Å²) in [6.07, 6.45) is 4.00. The van der Waals surface area contributed by atoms with E-state index < -0.39 is 0 Å². The first-order chi connectivity index (χ1) is 17.1. The van der Waals surface area contributed by atoms with Crippen LogP contribution in [0.4, 0.5) is 0 Å². The summed E-state index contributed by atoms with van der Waals surface area (Å²) in [4.78, 5) is 30.2. The molecule has 182 valence electrons. The summed E-state index contributed by atoms with van der Waals surface area (Å²) in [5.74, 6) is 1.31. The number of nitrogens with zero attached hydrogens (tertiary/aromatic N) is 3. The Morgan fingerprint density at radius 3 is 2.51 bits per heavy atom. The lowest BCUT2D eigenvalue weighted by atomic mass is 9.90. The average molecular weight is 473 g/mol. The normalized spacial score (nSPS) is 16.1. The molecule has 1 saturated heterocycles. The first-order valence-electron chi connectivity index (χ1n) is 12.4. The van der Waals surface area contributed by atoms with E-state index in [-0.39, 0.29) is 18.2 Å². The number of para-hydroxylation sites is 1. The molecule has 1 aromatic heterocycles. The number of carbonyl (C=O) groups excluding carboxylic acids is 2. The summed E-state index contributed by atoms with van der Waals surface area (Å²) in [7, 11) is 1.62. The fraction of sp³-hybridized carbons (Fsp3) is 0.393. The van der Waals surface area contributed by atoms with Gasteiger partial charge in [-0.15, -0.1) is 0 Å². The van der Waals surface area contributed by atoms with E-state index in [2.05, 4.69) is 34.5 Å². The molecule has 2 amide bonds. The second-order valence-electron chi connectivity index (χ2n) is 9.51. The number of hydrogen-bond donors (Lipinski definition) is 1. The summed E-state index contributed by atoms with van der Waals surface area (Å²) in [6.45, 7) is 2.51. The average Bonchev–Trinajstić information content (AvgIpc) is 3.33. The Labute approximate surface area is 206 Å². The van der Waals surface area contributed by atoms with Gasteiger partial charge in [-0.05, 0) is 36.8 Å². The number of fused-ring (bicyclic) bond motifs is 1. The molecule has 0 bridgehead atoms. The molecule has 0 unspecified atom stereocenters. The molecule has 1 fully saturated rings. The zero-order valence-electron chi connectivity index (χ0n) is 20.2. The number of nitrogens with one attached hydrogen (secondary N) is 1. The predicted octanol–water partition coefficient (Wildman–Crippen LogP) is 3.64. The van der Waals surface area contributed by atoms with Gasteiger partial charge in [0, 0.05) is 49.4 Å². The van der Waals surface area contributed by atoms with Crippen molar-refractivity contribution in [2.45, 2.75) is 38.6 Å². The van der Waals surface area contributed by atoms with Crippen LogP contribution in [0.2, 0.25) is 0 Å². The Morgan fingerprint density at radius 2 is 1.74 bits per heavy atom. The quantitative estimate of drug-likeness (QED) is 0.594. The molecule has 0 atom stereocenters. The van der Waals surface area contributed by atoms with Gasteiger partial charge in [-0.3, -0.25) is 14.7 Å². The van der Waals surface area contributed by atoms with E-state index in [0.29, 0.717) is 36.9 Å². The maximum absolute atomic E-state index is 13.4. The largest absolute Gasteiger partial charge is 0.496 e. The van der Waals surface area contributed by atoms with Crippen LogP contribution in [0.1, 0.15) is 45.7 Å². The minimum Gasteiger partial charge on any atom is -0.496 e. The number of hydrogen-bond acceptors (Lipinski definition) is 4. The minimum absolute atomic E-state index is 0.0281. The molecule has 1 N–H and O–H groups in total. The van der Waals surface area contributed by atoms with Crippen LogP contribution >= 0.6 is 0 Å². The van der Waals surface area contributed by atoms with E-state index in [1.54, 1.807) is 7.11 Å². The molecule has 2 aliphatic rings. The predicted molar refractivity (Wildman–Crippen MR) is 133 cm³/mol. The van der Waals surface area contributed by atoms with Crippen LogP contribution in [0.15, 0.2) is 54.6 Å². The highest BCUT2D eigenvalue weighted by Gasteiger charge is 2.31. The van der Waals surface area contributed by atoms with Crippen molar-refractivity contribution < 1.29 is 14.3 Å². The van der Waals surface area contributed by atoms with E-state index >= 15 is 0 Å². The van der Waals surface area contributed by atoms with E-state index in [4.69, 9.17) is 4.74 Å². The second kappa shape index (κ2) is 10.3. The van der Waals surface area contributed by atoms with Crippen LogP contribution in [0.3, 0.4) is 0 Å². The summed E-state index contributed by atoms with van der Waals surface area (Å²) in [5.41, 5.74) is 4.52. The van der Waals surface area contributed by atoms with Gasteiger partial charge in [-0.2, -0.15) is 5.10 Å². The SMILES string of the molecule is COc1ccccc1CC(=O)N1CCc2[nH]nc(C(=O)N3CCC(Cc4ccccc4)CC3)c2C1. The van der Waals surface area contributed by atoms with Crippen molar-refractivity contribution in [3.8, 4) is 5.75 Å². The van der Waals surface area contributed by atoms with Gasteiger partial charge in [0.25, 0.3) is 5.91 Å². The first kappa shape index (κ1) is 23.1. The number of ether oxygens (including phenoxy) is 1. The first-order valence-corrected chi connectivity index (χ1v) is 12.4. The molecule has 3 aromatic rings. The molecule has 0 spiro atoms. The van der Waals surface area contributed by atoms with Crippen molar-refractivity contribution in [1.29, 1.82) is 0 Å². The molecule has 5 rings (SSSR count). The zero-order valence-corrected chi connectivity index (χ0v) is 20.2. The van der Waals surface area contributed by atoms with E-state index in [1.807, 2.05) is 40.1 Å². The third kappa shape index (κ3) is 5.09. The highest BCUT2D eigenvalue weighted by molar-refractivity contribution is 5.94. The highest BCUT2D eigenvalue weighted by atomic mass is 16.5. The second-order valence-corrected chi connectivity index (χ2v) is 9.51. The molecule has 2 aliphatic heterocycles. The number of amides is 2. The Bertz CT molecular complexity index is 1180. The van der Waals surface area contributed by atoms with Crippen LogP contribution in [-0.4, -0.2) is 58.6 Å². The van der Waals surface area contributed by atoms with Crippen molar-refractivity contribution in [3.63, 3.8) is 0 Å². The summed E-state index contributed by atoms with van der Waals surface area (Å²) in [5, 5.41) is 7.45. The van der Waals surface area contributed by atoms with Crippen molar-refractivity contribution in [1.82, 2.24) is 20.0 Å². The number of aromatic nitrogens is 2. The van der Waals surface area contributed by atoms with Crippen molar-refractivity contribution in [3.05, 3.63) is 82.7 Å². The standard InChI is InChI=1S/C28H32N4O3/c1-35-25-10-6-5-9-22(25)18-26(33)32-16-13-24-23(19-32)27(30-29-24)28(34)31-14-11-21(12-15-31)17-20-7-3-2-4-8-20/h2-10,21H,11-19H2,1H3,(H,29,30). The number of likely N-dealkylation sites (tertiary alicyclic amines) is 1. The van der Waals surface area contributed by atoms with Crippen LogP contribution in [0.25, 0.3) is 0 Å². The lowest BCUT2D eigenvalue weighted by molar-refractivity contribution is -0.131. The van der Waals surface area contributed by atoms with Crippen molar-refractivity contribution in [2.75, 3.05) is 26.7 Å². The molecular formula is C28H32N4O3. The van der Waals surface area contributed by atoms with Crippen LogP contribution in [-0.2, 0) is 30.6 Å². The number of aromatic amines is 1. The van der Waals surface area contributed by atoms with Crippen molar-refractivity contribution in [2.24, 2.45) is 5.92 Å². The monoisotopic (exact) mass is 472 g/mol. The topological polar surface area (TPSA) is 78.5 Å². The minimum atomic E-state index is -0.0281. The number of carbonyl (C=O) groups is 2. The van der Waals surface area contributed by atoms with Gasteiger partial charge in [0.2, 0.25) is 5.91 Å². The fourth-order valence-electron chi connectivity index (χ4n) is 5.25. The molecule has 0 saturated carbocycles. The Balaban J connectivity index is 1.21. The Morgan fingerprint density at radius 1 is 1.00 bits per heavy atom. The van der Waals surface area contributed by atoms with Crippen LogP contribution < -0.4 is 4.74 Å². The zero-order chi connectivity index (χ0) is 24.2. The summed E-state index contributed by atoms with van der Waals surface area (Å²) < 4.78 is 5.40. The van der Waals surface area contributed by atoms with Gasteiger partial charge in [0.15, 0.2) is 5.69 Å². The lowest BCUT2D eigenvalue weighted by Crippen LogP contribution is -2.41. The fourth-order valence-corrected chi connectivity index (χ4v) is 5.25. The number of piperidine rings is 1. The maximum atomic E-state index is 13.4. The smallest absolute Gasteiger partial charge is 0.274 e. The molecule has 7 heteroatoms.